The molecule has 1 aliphatic heterocycles. The third kappa shape index (κ3) is 3.48. The zero-order valence-electron chi connectivity index (χ0n) is 12.9. The molecule has 0 radical (unpaired) electrons. The van der Waals surface area contributed by atoms with Crippen LogP contribution in [0.5, 0.6) is 0 Å². The van der Waals surface area contributed by atoms with Crippen LogP contribution in [0.15, 0.2) is 24.3 Å². The smallest absolute Gasteiger partial charge is 0.394 e. The van der Waals surface area contributed by atoms with Crippen LogP contribution in [-0.4, -0.2) is 40.1 Å². The van der Waals surface area contributed by atoms with E-state index in [9.17, 15) is 22.8 Å². The molecule has 1 unspecified atom stereocenters. The van der Waals surface area contributed by atoms with Crippen molar-refractivity contribution in [2.75, 3.05) is 6.54 Å². The van der Waals surface area contributed by atoms with Gasteiger partial charge >= 0.3 is 12.1 Å². The van der Waals surface area contributed by atoms with Crippen molar-refractivity contribution < 1.29 is 27.9 Å². The monoisotopic (exact) mass is 329 g/mol. The second-order valence-corrected chi connectivity index (χ2v) is 6.26. The maximum absolute atomic E-state index is 13.1. The zero-order valence-corrected chi connectivity index (χ0v) is 12.9. The molecular formula is C16H18F3NO3. The molecule has 1 aromatic rings. The maximum Gasteiger partial charge on any atom is 0.394 e. The van der Waals surface area contributed by atoms with Gasteiger partial charge in [-0.1, -0.05) is 12.1 Å². The average molecular weight is 329 g/mol. The molecule has 1 aromatic carbocycles. The second kappa shape index (κ2) is 5.86. The molecule has 23 heavy (non-hydrogen) atoms. The Labute approximate surface area is 131 Å². The van der Waals surface area contributed by atoms with Gasteiger partial charge in [-0.2, -0.15) is 13.2 Å². The number of halogens is 3. The number of carbonyl (C=O) groups is 2. The Morgan fingerprint density at radius 3 is 2.52 bits per heavy atom. The normalized spacial score (nSPS) is 20.6. The summed E-state index contributed by atoms with van der Waals surface area (Å²) in [6.45, 7) is 2.89. The lowest BCUT2D eigenvalue weighted by atomic mass is 9.87. The number of hydrogen-bond donors (Lipinski definition) is 1. The largest absolute Gasteiger partial charge is 0.478 e. The van der Waals surface area contributed by atoms with Crippen molar-refractivity contribution >= 4 is 11.9 Å². The predicted molar refractivity (Wildman–Crippen MR) is 77.1 cm³/mol. The first-order valence-electron chi connectivity index (χ1n) is 7.23. The van der Waals surface area contributed by atoms with Gasteiger partial charge in [-0.15, -0.1) is 0 Å². The minimum Gasteiger partial charge on any atom is -0.478 e. The van der Waals surface area contributed by atoms with E-state index in [1.165, 1.54) is 36.9 Å². The SMILES string of the molecule is CC1(C)C(C(F)(F)F)CCN1C(=O)Cc1cccc(C(=O)O)c1. The predicted octanol–water partition coefficient (Wildman–Crippen LogP) is 3.12. The van der Waals surface area contributed by atoms with Gasteiger partial charge in [-0.05, 0) is 38.0 Å². The van der Waals surface area contributed by atoms with Gasteiger partial charge in [-0.3, -0.25) is 4.79 Å². The standard InChI is InChI=1S/C16H18F3NO3/c1-15(2)12(16(17,18)19)6-7-20(15)13(21)9-10-4-3-5-11(8-10)14(22)23/h3-5,8,12H,6-7,9H2,1-2H3,(H,22,23). The second-order valence-electron chi connectivity index (χ2n) is 6.26. The fourth-order valence-electron chi connectivity index (χ4n) is 3.18. The number of rotatable bonds is 3. The van der Waals surface area contributed by atoms with Crippen LogP contribution in [0.2, 0.25) is 0 Å². The van der Waals surface area contributed by atoms with Crippen molar-refractivity contribution in [1.82, 2.24) is 4.90 Å². The number of carboxylic acid groups (broad SMARTS) is 1. The summed E-state index contributed by atoms with van der Waals surface area (Å²) >= 11 is 0. The number of hydrogen-bond acceptors (Lipinski definition) is 2. The molecule has 0 saturated carbocycles. The molecule has 0 bridgehead atoms. The van der Waals surface area contributed by atoms with E-state index in [0.717, 1.165) is 0 Å². The zero-order chi connectivity index (χ0) is 17.4. The molecule has 0 aliphatic carbocycles. The lowest BCUT2D eigenvalue weighted by Gasteiger charge is -2.36. The van der Waals surface area contributed by atoms with E-state index in [1.54, 1.807) is 6.07 Å². The van der Waals surface area contributed by atoms with Crippen molar-refractivity contribution in [3.05, 3.63) is 35.4 Å². The van der Waals surface area contributed by atoms with E-state index in [1.807, 2.05) is 0 Å². The fraction of sp³-hybridized carbons (Fsp3) is 0.500. The van der Waals surface area contributed by atoms with Gasteiger partial charge in [0.2, 0.25) is 5.91 Å². The Balaban J connectivity index is 2.16. The number of aromatic carboxylic acids is 1. The topological polar surface area (TPSA) is 57.6 Å². The summed E-state index contributed by atoms with van der Waals surface area (Å²) in [5, 5.41) is 8.94. The molecule has 1 atom stereocenters. The van der Waals surface area contributed by atoms with Gasteiger partial charge in [-0.25, -0.2) is 4.79 Å². The average Bonchev–Trinajstić information content (AvgIpc) is 2.74. The van der Waals surface area contributed by atoms with Crippen LogP contribution in [0.25, 0.3) is 0 Å². The molecule has 7 heteroatoms. The summed E-state index contributed by atoms with van der Waals surface area (Å²) in [5.74, 6) is -3.09. The number of amides is 1. The van der Waals surface area contributed by atoms with Gasteiger partial charge in [0.25, 0.3) is 0 Å². The first-order chi connectivity index (χ1) is 10.5. The molecule has 0 aromatic heterocycles. The molecule has 1 fully saturated rings. The van der Waals surface area contributed by atoms with Crippen LogP contribution in [-0.2, 0) is 11.2 Å². The van der Waals surface area contributed by atoms with Gasteiger partial charge in [0, 0.05) is 12.1 Å². The van der Waals surface area contributed by atoms with Crippen molar-refractivity contribution in [2.24, 2.45) is 5.92 Å². The molecular weight excluding hydrogens is 311 g/mol. The number of benzene rings is 1. The quantitative estimate of drug-likeness (QED) is 0.927. The number of nitrogens with zero attached hydrogens (tertiary/aromatic N) is 1. The Morgan fingerprint density at radius 1 is 1.35 bits per heavy atom. The van der Waals surface area contributed by atoms with Crippen LogP contribution in [0.1, 0.15) is 36.2 Å². The highest BCUT2D eigenvalue weighted by Gasteiger charge is 2.55. The van der Waals surface area contributed by atoms with Crippen LogP contribution in [0.3, 0.4) is 0 Å². The fourth-order valence-corrected chi connectivity index (χ4v) is 3.18. The highest BCUT2D eigenvalue weighted by Crippen LogP contribution is 2.44. The van der Waals surface area contributed by atoms with E-state index in [0.29, 0.717) is 5.56 Å². The van der Waals surface area contributed by atoms with Crippen LogP contribution >= 0.6 is 0 Å². The van der Waals surface area contributed by atoms with Crippen molar-refractivity contribution in [2.45, 2.75) is 38.4 Å². The Kier molecular flexibility index (Phi) is 4.41. The molecule has 0 spiro atoms. The summed E-state index contributed by atoms with van der Waals surface area (Å²) < 4.78 is 39.2. The number of carbonyl (C=O) groups excluding carboxylic acids is 1. The minimum atomic E-state index is -4.35. The molecule has 1 aliphatic rings. The maximum atomic E-state index is 13.1. The lowest BCUT2D eigenvalue weighted by molar-refractivity contribution is -0.192. The summed E-state index contributed by atoms with van der Waals surface area (Å²) in [7, 11) is 0. The van der Waals surface area contributed by atoms with E-state index in [2.05, 4.69) is 0 Å². The Hall–Kier alpha value is -2.05. The molecule has 2 rings (SSSR count). The highest BCUT2D eigenvalue weighted by atomic mass is 19.4. The third-order valence-electron chi connectivity index (χ3n) is 4.42. The van der Waals surface area contributed by atoms with Crippen molar-refractivity contribution in [3.63, 3.8) is 0 Å². The summed E-state index contributed by atoms with van der Waals surface area (Å²) in [5.41, 5.74) is -0.787. The first-order valence-corrected chi connectivity index (χ1v) is 7.23. The van der Waals surface area contributed by atoms with Crippen LogP contribution < -0.4 is 0 Å². The van der Waals surface area contributed by atoms with Gasteiger partial charge < -0.3 is 10.0 Å². The molecule has 1 N–H and O–H groups in total. The van der Waals surface area contributed by atoms with E-state index in [4.69, 9.17) is 5.11 Å². The summed E-state index contributed by atoms with van der Waals surface area (Å²) in [6, 6.07) is 5.87. The molecule has 126 valence electrons. The lowest BCUT2D eigenvalue weighted by Crippen LogP contribution is -2.50. The van der Waals surface area contributed by atoms with Crippen molar-refractivity contribution in [1.29, 1.82) is 0 Å². The molecule has 1 amide bonds. The Morgan fingerprint density at radius 2 is 2.00 bits per heavy atom. The summed E-state index contributed by atoms with van der Waals surface area (Å²) in [6.07, 6.45) is -4.58. The van der Waals surface area contributed by atoms with Crippen LogP contribution in [0, 0.1) is 5.92 Å². The van der Waals surface area contributed by atoms with Crippen LogP contribution in [0.4, 0.5) is 13.2 Å². The van der Waals surface area contributed by atoms with Crippen molar-refractivity contribution in [3.8, 4) is 0 Å². The minimum absolute atomic E-state index is 0.0455. The highest BCUT2D eigenvalue weighted by molar-refractivity contribution is 5.88. The van der Waals surface area contributed by atoms with Gasteiger partial charge in [0.15, 0.2) is 0 Å². The van der Waals surface area contributed by atoms with Gasteiger partial charge in [0.05, 0.1) is 17.9 Å². The molecule has 4 nitrogen and oxygen atoms in total. The van der Waals surface area contributed by atoms with E-state index in [-0.39, 0.29) is 24.9 Å². The van der Waals surface area contributed by atoms with E-state index < -0.39 is 29.5 Å². The molecule has 1 heterocycles. The summed E-state index contributed by atoms with van der Waals surface area (Å²) in [4.78, 5) is 24.6. The molecule has 1 saturated heterocycles. The van der Waals surface area contributed by atoms with E-state index >= 15 is 0 Å². The van der Waals surface area contributed by atoms with Gasteiger partial charge in [0.1, 0.15) is 0 Å². The number of alkyl halides is 3. The number of likely N-dealkylation sites (tertiary alicyclic amines) is 1. The Bertz CT molecular complexity index is 625. The third-order valence-corrected chi connectivity index (χ3v) is 4.42. The first kappa shape index (κ1) is 17.3. The number of carboxylic acids is 1.